The number of hydrogen-bond acceptors (Lipinski definition) is 0. The first-order valence-corrected chi connectivity index (χ1v) is 4.94. The van der Waals surface area contributed by atoms with Gasteiger partial charge in [0.2, 0.25) is 0 Å². The van der Waals surface area contributed by atoms with Crippen LogP contribution in [0.3, 0.4) is 0 Å². The zero-order valence-corrected chi connectivity index (χ0v) is 9.39. The zero-order valence-electron chi connectivity index (χ0n) is 9.39. The Morgan fingerprint density at radius 1 is 1.14 bits per heavy atom. The quantitative estimate of drug-likeness (QED) is 0.582. The van der Waals surface area contributed by atoms with E-state index in [-0.39, 0.29) is 7.43 Å². The Balaban J connectivity index is 0. The summed E-state index contributed by atoms with van der Waals surface area (Å²) < 4.78 is 0. The van der Waals surface area contributed by atoms with Crippen molar-refractivity contribution in [3.05, 3.63) is 41.5 Å². The minimum Gasteiger partial charge on any atom is -0.0841 e. The molecule has 0 aromatic heterocycles. The molecule has 0 aliphatic heterocycles. The van der Waals surface area contributed by atoms with Crippen LogP contribution in [-0.2, 0) is 0 Å². The molecule has 1 aromatic carbocycles. The lowest BCUT2D eigenvalue weighted by Gasteiger charge is -2.03. The van der Waals surface area contributed by atoms with Crippen molar-refractivity contribution >= 4 is 5.57 Å². The first kappa shape index (κ1) is 15.4. The van der Waals surface area contributed by atoms with Gasteiger partial charge >= 0.3 is 0 Å². The minimum atomic E-state index is 0. The highest BCUT2D eigenvalue weighted by atomic mass is 14.0. The lowest BCUT2D eigenvalue weighted by Crippen LogP contribution is -1.83. The van der Waals surface area contributed by atoms with Crippen molar-refractivity contribution in [2.45, 2.75) is 42.0 Å². The van der Waals surface area contributed by atoms with E-state index in [0.29, 0.717) is 0 Å². The van der Waals surface area contributed by atoms with Gasteiger partial charge in [-0.25, -0.2) is 0 Å². The molecule has 0 N–H and O–H groups in total. The second-order valence-corrected chi connectivity index (χ2v) is 2.79. The van der Waals surface area contributed by atoms with Crippen molar-refractivity contribution in [1.82, 2.24) is 0 Å². The predicted molar refractivity (Wildman–Crippen MR) is 68.6 cm³/mol. The Labute approximate surface area is 89.7 Å². The maximum Gasteiger partial charge on any atom is -0.0201 e. The molecule has 0 amide bonds. The highest BCUT2D eigenvalue weighted by Crippen LogP contribution is 2.16. The molecule has 0 bridgehead atoms. The van der Waals surface area contributed by atoms with Crippen LogP contribution in [0.2, 0.25) is 0 Å². The van der Waals surface area contributed by atoms with E-state index >= 15 is 0 Å². The summed E-state index contributed by atoms with van der Waals surface area (Å²) in [6, 6.07) is 8.45. The molecule has 0 radical (unpaired) electrons. The Morgan fingerprint density at radius 2 is 1.64 bits per heavy atom. The molecule has 0 heterocycles. The van der Waals surface area contributed by atoms with E-state index in [2.05, 4.69) is 51.1 Å². The van der Waals surface area contributed by atoms with Crippen LogP contribution < -0.4 is 0 Å². The van der Waals surface area contributed by atoms with Crippen LogP contribution in [0.15, 0.2) is 30.3 Å². The van der Waals surface area contributed by atoms with Gasteiger partial charge in [0.25, 0.3) is 0 Å². The Morgan fingerprint density at radius 3 is 2.07 bits per heavy atom. The fraction of sp³-hybridized carbons (Fsp3) is 0.429. The second kappa shape index (κ2) is 8.55. The van der Waals surface area contributed by atoms with E-state index in [9.17, 15) is 0 Å². The summed E-state index contributed by atoms with van der Waals surface area (Å²) in [5.41, 5.74) is 4.06. The normalized spacial score (nSPS) is 9.64. The predicted octanol–water partition coefficient (Wildman–Crippen LogP) is 5.08. The van der Waals surface area contributed by atoms with Crippen LogP contribution in [0.25, 0.3) is 5.57 Å². The van der Waals surface area contributed by atoms with E-state index < -0.39 is 0 Å². The monoisotopic (exact) mass is 192 g/mol. The molecule has 14 heavy (non-hydrogen) atoms. The minimum absolute atomic E-state index is 0. The Bertz CT molecular complexity index is 269. The standard InChI is InChI=1S/C11H14.C2H6.CH4/c1-4-9(2)11-8-6-5-7-10(11)3;1-2;/h4-8H,1-3H3;1-2H3;1H4/b9-4-;;. The molecule has 0 saturated carbocycles. The Hall–Kier alpha value is -1.04. The van der Waals surface area contributed by atoms with Gasteiger partial charge in [-0.05, 0) is 37.5 Å². The summed E-state index contributed by atoms with van der Waals surface area (Å²) in [5.74, 6) is 0. The molecule has 0 fully saturated rings. The number of aryl methyl sites for hydroxylation is 1. The molecule has 1 aromatic rings. The van der Waals surface area contributed by atoms with Crippen molar-refractivity contribution in [2.24, 2.45) is 0 Å². The third-order valence-corrected chi connectivity index (χ3v) is 2.00. The molecule has 0 spiro atoms. The summed E-state index contributed by atoms with van der Waals surface area (Å²) in [7, 11) is 0. The lowest BCUT2D eigenvalue weighted by atomic mass is 10.0. The maximum absolute atomic E-state index is 2.16. The number of rotatable bonds is 1. The van der Waals surface area contributed by atoms with Gasteiger partial charge in [-0.2, -0.15) is 0 Å². The van der Waals surface area contributed by atoms with E-state index in [1.807, 2.05) is 13.8 Å². The van der Waals surface area contributed by atoms with Crippen LogP contribution in [0.5, 0.6) is 0 Å². The topological polar surface area (TPSA) is 0 Å². The molecule has 0 saturated heterocycles. The summed E-state index contributed by atoms with van der Waals surface area (Å²) >= 11 is 0. The van der Waals surface area contributed by atoms with Crippen molar-refractivity contribution in [2.75, 3.05) is 0 Å². The summed E-state index contributed by atoms with van der Waals surface area (Å²) in [6.45, 7) is 10.4. The highest BCUT2D eigenvalue weighted by Gasteiger charge is 1.95. The Kier molecular flexibility index (Phi) is 9.43. The van der Waals surface area contributed by atoms with Crippen molar-refractivity contribution in [3.8, 4) is 0 Å². The van der Waals surface area contributed by atoms with Crippen molar-refractivity contribution in [3.63, 3.8) is 0 Å². The number of hydrogen-bond donors (Lipinski definition) is 0. The first-order valence-electron chi connectivity index (χ1n) is 4.94. The number of benzene rings is 1. The molecule has 0 unspecified atom stereocenters. The van der Waals surface area contributed by atoms with Gasteiger partial charge in [-0.1, -0.05) is 51.6 Å². The molecule has 0 aliphatic carbocycles. The van der Waals surface area contributed by atoms with Crippen LogP contribution in [0.4, 0.5) is 0 Å². The van der Waals surface area contributed by atoms with Gasteiger partial charge in [-0.15, -0.1) is 0 Å². The SMILES string of the molecule is C.C/C=C(/C)c1ccccc1C.CC. The van der Waals surface area contributed by atoms with E-state index in [4.69, 9.17) is 0 Å². The van der Waals surface area contributed by atoms with Gasteiger partial charge in [0.05, 0.1) is 0 Å². The summed E-state index contributed by atoms with van der Waals surface area (Å²) in [4.78, 5) is 0. The van der Waals surface area contributed by atoms with E-state index in [1.54, 1.807) is 0 Å². The third kappa shape index (κ3) is 4.27. The van der Waals surface area contributed by atoms with Crippen molar-refractivity contribution < 1.29 is 0 Å². The van der Waals surface area contributed by atoms with Crippen molar-refractivity contribution in [1.29, 1.82) is 0 Å². The molecular weight excluding hydrogens is 168 g/mol. The first-order chi connectivity index (χ1) is 6.25. The van der Waals surface area contributed by atoms with Crippen LogP contribution in [-0.4, -0.2) is 0 Å². The zero-order chi connectivity index (χ0) is 10.3. The third-order valence-electron chi connectivity index (χ3n) is 2.00. The molecule has 1 rings (SSSR count). The highest BCUT2D eigenvalue weighted by molar-refractivity contribution is 5.65. The average molecular weight is 192 g/mol. The van der Waals surface area contributed by atoms with Gasteiger partial charge < -0.3 is 0 Å². The molecule has 80 valence electrons. The second-order valence-electron chi connectivity index (χ2n) is 2.79. The number of allylic oxidation sites excluding steroid dienone is 2. The van der Waals surface area contributed by atoms with E-state index in [1.165, 1.54) is 16.7 Å². The fourth-order valence-electron chi connectivity index (χ4n) is 1.17. The van der Waals surface area contributed by atoms with Gasteiger partial charge in [0.1, 0.15) is 0 Å². The van der Waals surface area contributed by atoms with Crippen LogP contribution >= 0.6 is 0 Å². The van der Waals surface area contributed by atoms with Crippen LogP contribution in [0, 0.1) is 6.92 Å². The van der Waals surface area contributed by atoms with Gasteiger partial charge in [0.15, 0.2) is 0 Å². The molecular formula is C14H24. The largest absolute Gasteiger partial charge is 0.0841 e. The smallest absolute Gasteiger partial charge is 0.0201 e. The molecule has 0 atom stereocenters. The lowest BCUT2D eigenvalue weighted by molar-refractivity contribution is 1.40. The molecule has 0 heteroatoms. The van der Waals surface area contributed by atoms with Crippen LogP contribution in [0.1, 0.15) is 46.2 Å². The van der Waals surface area contributed by atoms with E-state index in [0.717, 1.165) is 0 Å². The average Bonchev–Trinajstić information content (AvgIpc) is 2.20. The maximum atomic E-state index is 2.16. The van der Waals surface area contributed by atoms with Gasteiger partial charge in [0, 0.05) is 0 Å². The molecule has 0 nitrogen and oxygen atoms in total. The molecule has 0 aliphatic rings. The van der Waals surface area contributed by atoms with Gasteiger partial charge in [-0.3, -0.25) is 0 Å². The fourth-order valence-corrected chi connectivity index (χ4v) is 1.17. The summed E-state index contributed by atoms with van der Waals surface area (Å²) in [6.07, 6.45) is 2.14. The summed E-state index contributed by atoms with van der Waals surface area (Å²) in [5, 5.41) is 0.